The van der Waals surface area contributed by atoms with Gasteiger partial charge >= 0.3 is 5.97 Å². The van der Waals surface area contributed by atoms with Crippen LogP contribution < -0.4 is 5.32 Å². The molecule has 1 aliphatic rings. The van der Waals surface area contributed by atoms with Crippen molar-refractivity contribution >= 4 is 39.2 Å². The van der Waals surface area contributed by atoms with Gasteiger partial charge in [-0.05, 0) is 42.5 Å². The summed E-state index contributed by atoms with van der Waals surface area (Å²) >= 11 is 6.09. The lowest BCUT2D eigenvalue weighted by Crippen LogP contribution is -2.40. The molecule has 0 unspecified atom stereocenters. The van der Waals surface area contributed by atoms with Crippen LogP contribution >= 0.6 is 11.6 Å². The zero-order valence-corrected chi connectivity index (χ0v) is 17.8. The maximum Gasteiger partial charge on any atom is 0.338 e. The van der Waals surface area contributed by atoms with Crippen molar-refractivity contribution in [3.63, 3.8) is 0 Å². The summed E-state index contributed by atoms with van der Waals surface area (Å²) in [6, 6.07) is 11.6. The highest BCUT2D eigenvalue weighted by molar-refractivity contribution is 7.89. The summed E-state index contributed by atoms with van der Waals surface area (Å²) in [4.78, 5) is 24.2. The monoisotopic (exact) mass is 463 g/mol. The lowest BCUT2D eigenvalue weighted by atomic mass is 10.1. The van der Waals surface area contributed by atoms with E-state index in [-0.39, 0.29) is 34.3 Å². The number of hydrogen-bond acceptors (Lipinski definition) is 7. The van der Waals surface area contributed by atoms with Crippen molar-refractivity contribution in [2.75, 3.05) is 38.2 Å². The molecule has 2 aromatic rings. The highest BCUT2D eigenvalue weighted by Gasteiger charge is 2.27. The molecule has 31 heavy (non-hydrogen) atoms. The largest absolute Gasteiger partial charge is 0.452 e. The molecule has 0 aliphatic carbocycles. The van der Waals surface area contributed by atoms with Crippen LogP contribution in [-0.4, -0.2) is 57.5 Å². The molecule has 1 amide bonds. The first-order chi connectivity index (χ1) is 14.8. The van der Waals surface area contributed by atoms with E-state index >= 15 is 0 Å². The van der Waals surface area contributed by atoms with Crippen LogP contribution in [0.1, 0.15) is 15.9 Å². The molecule has 1 heterocycles. The van der Waals surface area contributed by atoms with Gasteiger partial charge in [-0.15, -0.1) is 0 Å². The number of nitriles is 1. The van der Waals surface area contributed by atoms with Gasteiger partial charge in [0.25, 0.3) is 5.91 Å². The van der Waals surface area contributed by atoms with Gasteiger partial charge in [0, 0.05) is 13.1 Å². The minimum atomic E-state index is -3.77. The first-order valence-electron chi connectivity index (χ1n) is 9.16. The molecule has 1 saturated heterocycles. The van der Waals surface area contributed by atoms with Gasteiger partial charge in [0.2, 0.25) is 10.0 Å². The minimum absolute atomic E-state index is 0.0244. The molecule has 2 aromatic carbocycles. The summed E-state index contributed by atoms with van der Waals surface area (Å²) in [6.45, 7) is 0.480. The first-order valence-corrected chi connectivity index (χ1v) is 11.0. The number of carbonyl (C=O) groups is 2. The molecule has 0 saturated carbocycles. The second-order valence-corrected chi connectivity index (χ2v) is 8.82. The van der Waals surface area contributed by atoms with Crippen molar-refractivity contribution in [2.24, 2.45) is 0 Å². The third kappa shape index (κ3) is 5.59. The molecule has 0 atom stereocenters. The standard InChI is InChI=1S/C20H18ClN3O6S/c21-17-6-5-16(31(27,28)24-7-9-29-10-8-24)11-18(17)23-19(25)13-30-20(26)15-3-1-14(12-22)2-4-15/h1-6,11H,7-10,13H2,(H,23,25). The highest BCUT2D eigenvalue weighted by atomic mass is 35.5. The Morgan fingerprint density at radius 2 is 1.84 bits per heavy atom. The maximum atomic E-state index is 12.8. The Bertz CT molecular complexity index is 1120. The van der Waals surface area contributed by atoms with Crippen LogP contribution in [0.3, 0.4) is 0 Å². The number of morpholine rings is 1. The lowest BCUT2D eigenvalue weighted by Gasteiger charge is -2.26. The Balaban J connectivity index is 1.64. The summed E-state index contributed by atoms with van der Waals surface area (Å²) in [5.41, 5.74) is 0.648. The number of amides is 1. The normalized spacial score (nSPS) is 14.5. The van der Waals surface area contributed by atoms with E-state index in [1.54, 1.807) is 0 Å². The maximum absolute atomic E-state index is 12.8. The molecule has 1 fully saturated rings. The number of nitrogens with zero attached hydrogens (tertiary/aromatic N) is 2. The topological polar surface area (TPSA) is 126 Å². The fraction of sp³-hybridized carbons (Fsp3) is 0.250. The van der Waals surface area contributed by atoms with E-state index in [2.05, 4.69) is 5.32 Å². The first kappa shape index (κ1) is 22.7. The Kier molecular flexibility index (Phi) is 7.25. The predicted octanol–water partition coefficient (Wildman–Crippen LogP) is 2.03. The summed E-state index contributed by atoms with van der Waals surface area (Å²) in [7, 11) is -3.77. The molecular weight excluding hydrogens is 446 g/mol. The van der Waals surface area contributed by atoms with E-state index < -0.39 is 28.5 Å². The van der Waals surface area contributed by atoms with Gasteiger partial charge in [0.1, 0.15) is 0 Å². The summed E-state index contributed by atoms with van der Waals surface area (Å²) in [5.74, 6) is -1.43. The number of ether oxygens (including phenoxy) is 2. The second-order valence-electron chi connectivity index (χ2n) is 6.47. The number of sulfonamides is 1. The van der Waals surface area contributed by atoms with Crippen LogP contribution in [0, 0.1) is 11.3 Å². The molecule has 1 aliphatic heterocycles. The van der Waals surface area contributed by atoms with Gasteiger partial charge in [-0.2, -0.15) is 9.57 Å². The van der Waals surface area contributed by atoms with Crippen molar-refractivity contribution < 1.29 is 27.5 Å². The van der Waals surface area contributed by atoms with Crippen molar-refractivity contribution in [3.05, 3.63) is 58.6 Å². The van der Waals surface area contributed by atoms with Gasteiger partial charge in [0.15, 0.2) is 6.61 Å². The number of benzene rings is 2. The van der Waals surface area contributed by atoms with E-state index in [0.717, 1.165) is 0 Å². The number of rotatable bonds is 6. The molecule has 1 N–H and O–H groups in total. The van der Waals surface area contributed by atoms with Gasteiger partial charge < -0.3 is 14.8 Å². The van der Waals surface area contributed by atoms with Crippen LogP contribution in [0.4, 0.5) is 5.69 Å². The molecular formula is C20H18ClN3O6S. The average Bonchev–Trinajstić information content (AvgIpc) is 2.79. The van der Waals surface area contributed by atoms with Crippen LogP contribution in [0.5, 0.6) is 0 Å². The van der Waals surface area contributed by atoms with Crippen LogP contribution in [0.15, 0.2) is 47.4 Å². The van der Waals surface area contributed by atoms with Crippen molar-refractivity contribution in [1.82, 2.24) is 4.31 Å². The van der Waals surface area contributed by atoms with E-state index in [1.807, 2.05) is 6.07 Å². The van der Waals surface area contributed by atoms with Crippen molar-refractivity contribution in [2.45, 2.75) is 4.90 Å². The Morgan fingerprint density at radius 1 is 1.16 bits per heavy atom. The van der Waals surface area contributed by atoms with Crippen LogP contribution in [0.25, 0.3) is 0 Å². The lowest BCUT2D eigenvalue weighted by molar-refractivity contribution is -0.119. The SMILES string of the molecule is N#Cc1ccc(C(=O)OCC(=O)Nc2cc(S(=O)(=O)N3CCOCC3)ccc2Cl)cc1. The summed E-state index contributed by atoms with van der Waals surface area (Å²) in [5, 5.41) is 11.4. The van der Waals surface area contributed by atoms with Gasteiger partial charge in [-0.3, -0.25) is 4.79 Å². The zero-order valence-electron chi connectivity index (χ0n) is 16.2. The van der Waals surface area contributed by atoms with E-state index in [9.17, 15) is 18.0 Å². The van der Waals surface area contributed by atoms with Gasteiger partial charge in [-0.1, -0.05) is 11.6 Å². The van der Waals surface area contributed by atoms with Gasteiger partial charge in [0.05, 0.1) is 46.0 Å². The summed E-state index contributed by atoms with van der Waals surface area (Å²) < 4.78 is 37.0. The third-order valence-electron chi connectivity index (χ3n) is 4.40. The smallest absolute Gasteiger partial charge is 0.338 e. The van der Waals surface area contributed by atoms with E-state index in [1.165, 1.54) is 46.8 Å². The molecule has 0 aromatic heterocycles. The minimum Gasteiger partial charge on any atom is -0.452 e. The number of halogens is 1. The van der Waals surface area contributed by atoms with Crippen molar-refractivity contribution in [1.29, 1.82) is 5.26 Å². The third-order valence-corrected chi connectivity index (χ3v) is 6.63. The Labute approximate surface area is 184 Å². The van der Waals surface area contributed by atoms with E-state index in [4.69, 9.17) is 26.3 Å². The number of nitrogens with one attached hydrogen (secondary N) is 1. The molecule has 11 heteroatoms. The fourth-order valence-corrected chi connectivity index (χ4v) is 4.38. The second kappa shape index (κ2) is 9.89. The molecule has 3 rings (SSSR count). The Morgan fingerprint density at radius 3 is 2.48 bits per heavy atom. The molecule has 0 radical (unpaired) electrons. The molecule has 162 valence electrons. The summed E-state index contributed by atoms with van der Waals surface area (Å²) in [6.07, 6.45) is 0. The molecule has 0 bridgehead atoms. The average molecular weight is 464 g/mol. The number of carbonyl (C=O) groups excluding carboxylic acids is 2. The van der Waals surface area contributed by atoms with E-state index in [0.29, 0.717) is 18.8 Å². The Hall–Kier alpha value is -2.97. The fourth-order valence-electron chi connectivity index (χ4n) is 2.78. The number of esters is 1. The predicted molar refractivity (Wildman–Crippen MR) is 111 cm³/mol. The number of hydrogen-bond donors (Lipinski definition) is 1. The molecule has 0 spiro atoms. The number of anilines is 1. The van der Waals surface area contributed by atoms with Crippen LogP contribution in [-0.2, 0) is 24.3 Å². The van der Waals surface area contributed by atoms with Gasteiger partial charge in [-0.25, -0.2) is 13.2 Å². The zero-order chi connectivity index (χ0) is 22.4. The van der Waals surface area contributed by atoms with Crippen LogP contribution in [0.2, 0.25) is 5.02 Å². The quantitative estimate of drug-likeness (QED) is 0.649. The molecule has 9 nitrogen and oxygen atoms in total. The van der Waals surface area contributed by atoms with Crippen molar-refractivity contribution in [3.8, 4) is 6.07 Å². The highest BCUT2D eigenvalue weighted by Crippen LogP contribution is 2.27.